The Kier molecular flexibility index (Phi) is 3.92. The van der Waals surface area contributed by atoms with Gasteiger partial charge in [0.2, 0.25) is 10.9 Å². The van der Waals surface area contributed by atoms with Crippen molar-refractivity contribution in [2.45, 2.75) is 13.3 Å². The van der Waals surface area contributed by atoms with Gasteiger partial charge >= 0.3 is 0 Å². The van der Waals surface area contributed by atoms with E-state index < -0.39 is 10.9 Å². The predicted octanol–water partition coefficient (Wildman–Crippen LogP) is 0.654. The third-order valence-electron chi connectivity index (χ3n) is 1.78. The first-order valence-electron chi connectivity index (χ1n) is 4.12. The predicted molar refractivity (Wildman–Crippen MR) is 53.2 cm³/mol. The summed E-state index contributed by atoms with van der Waals surface area (Å²) in [4.78, 5) is 0. The van der Waals surface area contributed by atoms with Crippen LogP contribution in [0.4, 0.5) is 0 Å². The first-order chi connectivity index (χ1) is 6.18. The third-order valence-corrected chi connectivity index (χ3v) is 2.26. The molecule has 0 aliphatic rings. The molecule has 0 aliphatic heterocycles. The Hall–Kier alpha value is -0.870. The molecule has 0 saturated heterocycles. The topological polar surface area (TPSA) is 46.2 Å². The van der Waals surface area contributed by atoms with Gasteiger partial charge in [-0.05, 0) is 18.9 Å². The fourth-order valence-electron chi connectivity index (χ4n) is 1.05. The zero-order valence-electron chi connectivity index (χ0n) is 7.49. The van der Waals surface area contributed by atoms with Crippen LogP contribution in [-0.4, -0.2) is 15.0 Å². The summed E-state index contributed by atoms with van der Waals surface area (Å²) in [5.41, 5.74) is 2.36. The zero-order chi connectivity index (χ0) is 9.68. The Balaban J connectivity index is 2.41. The molecule has 0 atom stereocenters. The monoisotopic (exact) mass is 199 g/mol. The molecule has 72 valence electrons. The fourth-order valence-corrected chi connectivity index (χ4v) is 1.34. The minimum Gasteiger partial charge on any atom is -0.217 e. The maximum absolute atomic E-state index is 10.2. The maximum Gasteiger partial charge on any atom is 0.201 e. The summed E-state index contributed by atoms with van der Waals surface area (Å²) in [7, 11) is -2.45. The zero-order valence-corrected chi connectivity index (χ0v) is 8.38. The molecule has 0 heterocycles. The number of rotatable bonds is 4. The Morgan fingerprint density at radius 2 is 1.85 bits per heavy atom. The number of thiol groups is 1. The fraction of sp³-hybridized carbons (Fsp3) is 0.333. The van der Waals surface area contributed by atoms with E-state index in [1.165, 1.54) is 5.56 Å². The van der Waals surface area contributed by atoms with E-state index in [9.17, 15) is 8.42 Å². The van der Waals surface area contributed by atoms with Crippen molar-refractivity contribution in [2.75, 3.05) is 6.54 Å². The van der Waals surface area contributed by atoms with Crippen molar-refractivity contribution in [1.29, 1.82) is 0 Å². The molecule has 13 heavy (non-hydrogen) atoms. The van der Waals surface area contributed by atoms with Crippen molar-refractivity contribution >= 4 is 10.9 Å². The molecule has 0 saturated carbocycles. The Morgan fingerprint density at radius 1 is 1.23 bits per heavy atom. The van der Waals surface area contributed by atoms with E-state index in [2.05, 4.69) is 4.72 Å². The Labute approximate surface area is 79.9 Å². The van der Waals surface area contributed by atoms with Crippen molar-refractivity contribution in [2.24, 2.45) is 0 Å². The van der Waals surface area contributed by atoms with Crippen molar-refractivity contribution in [1.82, 2.24) is 4.72 Å². The first-order valence-corrected chi connectivity index (χ1v) is 5.29. The van der Waals surface area contributed by atoms with E-state index in [0.717, 1.165) is 12.0 Å². The van der Waals surface area contributed by atoms with Crippen LogP contribution >= 0.6 is 0 Å². The van der Waals surface area contributed by atoms with E-state index in [4.69, 9.17) is 0 Å². The van der Waals surface area contributed by atoms with Crippen LogP contribution in [0.3, 0.4) is 0 Å². The summed E-state index contributed by atoms with van der Waals surface area (Å²) in [6.45, 7) is 2.50. The molecule has 1 aromatic rings. The average Bonchev–Trinajstić information content (AvgIpc) is 2.08. The lowest BCUT2D eigenvalue weighted by Crippen LogP contribution is -2.14. The van der Waals surface area contributed by atoms with Gasteiger partial charge in [-0.15, -0.1) is 0 Å². The van der Waals surface area contributed by atoms with Gasteiger partial charge in [-0.1, -0.05) is 29.8 Å². The van der Waals surface area contributed by atoms with Crippen LogP contribution in [-0.2, 0) is 17.3 Å². The molecule has 1 aromatic carbocycles. The normalized spacial score (nSPS) is 10.6. The highest BCUT2D eigenvalue weighted by molar-refractivity contribution is 7.70. The van der Waals surface area contributed by atoms with Gasteiger partial charge < -0.3 is 0 Å². The van der Waals surface area contributed by atoms with E-state index >= 15 is 0 Å². The van der Waals surface area contributed by atoms with Gasteiger partial charge in [0.15, 0.2) is 0 Å². The van der Waals surface area contributed by atoms with E-state index in [1.54, 1.807) is 0 Å². The molecule has 1 rings (SSSR count). The molecular weight excluding hydrogens is 186 g/mol. The first kappa shape index (κ1) is 10.2. The summed E-state index contributed by atoms with van der Waals surface area (Å²) < 4.78 is 22.7. The van der Waals surface area contributed by atoms with Crippen molar-refractivity contribution in [3.8, 4) is 0 Å². The van der Waals surface area contributed by atoms with Gasteiger partial charge in [0.05, 0.1) is 0 Å². The Bertz CT molecular complexity index is 322. The average molecular weight is 199 g/mol. The van der Waals surface area contributed by atoms with E-state index in [1.807, 2.05) is 31.2 Å². The molecule has 1 N–H and O–H groups in total. The smallest absolute Gasteiger partial charge is 0.201 e. The van der Waals surface area contributed by atoms with Crippen LogP contribution in [0.25, 0.3) is 0 Å². The van der Waals surface area contributed by atoms with Gasteiger partial charge in [-0.2, -0.15) is 0 Å². The highest BCUT2D eigenvalue weighted by atomic mass is 32.2. The number of hydrogen-bond acceptors (Lipinski definition) is 2. The van der Waals surface area contributed by atoms with Gasteiger partial charge in [0, 0.05) is 6.54 Å². The largest absolute Gasteiger partial charge is 0.217 e. The molecule has 0 aliphatic carbocycles. The van der Waals surface area contributed by atoms with Crippen molar-refractivity contribution in [3.63, 3.8) is 0 Å². The molecule has 0 radical (unpaired) electrons. The molecule has 0 fully saturated rings. The number of hydrogen-bond donors (Lipinski definition) is 2. The maximum atomic E-state index is 10.2. The minimum absolute atomic E-state index is 0.474. The van der Waals surface area contributed by atoms with Gasteiger partial charge in [-0.25, -0.2) is 13.1 Å². The molecule has 0 amide bonds. The molecular formula is C9H13NO2S. The highest BCUT2D eigenvalue weighted by Crippen LogP contribution is 2.02. The van der Waals surface area contributed by atoms with Crippen molar-refractivity contribution < 1.29 is 8.42 Å². The summed E-state index contributed by atoms with van der Waals surface area (Å²) in [5.74, 6) is 0. The molecule has 0 aromatic heterocycles. The SMILES string of the molecule is Cc1ccc(CCN[SH](=O)=O)cc1. The molecule has 0 bridgehead atoms. The quantitative estimate of drug-likeness (QED) is 0.699. The third kappa shape index (κ3) is 4.05. The van der Waals surface area contributed by atoms with Gasteiger partial charge in [0.1, 0.15) is 0 Å². The van der Waals surface area contributed by atoms with Gasteiger partial charge in [0.25, 0.3) is 0 Å². The summed E-state index contributed by atoms with van der Waals surface area (Å²) in [6, 6.07) is 8.06. The number of nitrogens with one attached hydrogen (secondary N) is 1. The number of benzene rings is 1. The second kappa shape index (κ2) is 4.99. The summed E-state index contributed by atoms with van der Waals surface area (Å²) in [6.07, 6.45) is 0.740. The standard InChI is InChI=1S/C9H13NO2S/c1-8-2-4-9(5-3-8)6-7-10-13(11)12/h2-5,13H,6-7H2,1H3,(H,10,11,12). The lowest BCUT2D eigenvalue weighted by Gasteiger charge is -1.99. The minimum atomic E-state index is -2.45. The summed E-state index contributed by atoms with van der Waals surface area (Å²) >= 11 is 0. The van der Waals surface area contributed by atoms with Crippen LogP contribution in [0.2, 0.25) is 0 Å². The molecule has 4 heteroatoms. The second-order valence-corrected chi connectivity index (χ2v) is 3.73. The molecule has 0 unspecified atom stereocenters. The summed E-state index contributed by atoms with van der Waals surface area (Å²) in [5, 5.41) is 0. The van der Waals surface area contributed by atoms with Crippen LogP contribution in [0, 0.1) is 6.92 Å². The van der Waals surface area contributed by atoms with Crippen LogP contribution in [0.15, 0.2) is 24.3 Å². The van der Waals surface area contributed by atoms with Crippen molar-refractivity contribution in [3.05, 3.63) is 35.4 Å². The van der Waals surface area contributed by atoms with E-state index in [-0.39, 0.29) is 0 Å². The van der Waals surface area contributed by atoms with Crippen LogP contribution in [0.5, 0.6) is 0 Å². The Morgan fingerprint density at radius 3 is 2.38 bits per heavy atom. The van der Waals surface area contributed by atoms with Gasteiger partial charge in [-0.3, -0.25) is 0 Å². The second-order valence-electron chi connectivity index (χ2n) is 2.90. The number of aryl methyl sites for hydroxylation is 1. The lowest BCUT2D eigenvalue weighted by atomic mass is 10.1. The molecule has 3 nitrogen and oxygen atoms in total. The highest BCUT2D eigenvalue weighted by Gasteiger charge is 1.92. The van der Waals surface area contributed by atoms with Crippen LogP contribution in [0.1, 0.15) is 11.1 Å². The van der Waals surface area contributed by atoms with Crippen LogP contribution < -0.4 is 4.72 Å². The van der Waals surface area contributed by atoms with E-state index in [0.29, 0.717) is 6.54 Å². The lowest BCUT2D eigenvalue weighted by molar-refractivity contribution is 0.602. The molecule has 0 spiro atoms.